The summed E-state index contributed by atoms with van der Waals surface area (Å²) in [7, 11) is 0. The number of rotatable bonds is 3. The first-order valence-electron chi connectivity index (χ1n) is 6.69. The van der Waals surface area contributed by atoms with Gasteiger partial charge in [-0.2, -0.15) is 5.10 Å². The Morgan fingerprint density at radius 2 is 2.33 bits per heavy atom. The van der Waals surface area contributed by atoms with Crippen molar-refractivity contribution in [2.75, 3.05) is 18.0 Å². The molecule has 0 aliphatic carbocycles. The summed E-state index contributed by atoms with van der Waals surface area (Å²) in [4.78, 5) is 16.6. The summed E-state index contributed by atoms with van der Waals surface area (Å²) in [5.41, 5.74) is 0.249. The average molecular weight is 291 g/mol. The maximum absolute atomic E-state index is 13.2. The smallest absolute Gasteiger partial charge is 0.295 e. The number of hydrogen-bond donors (Lipinski definition) is 1. The topological polar surface area (TPSA) is 87.9 Å². The monoisotopic (exact) mass is 291 g/mol. The second kappa shape index (κ2) is 5.47. The number of anilines is 1. The fourth-order valence-corrected chi connectivity index (χ4v) is 2.74. The molecule has 0 bridgehead atoms. The van der Waals surface area contributed by atoms with Crippen molar-refractivity contribution in [3.8, 4) is 0 Å². The molecule has 7 nitrogen and oxygen atoms in total. The van der Waals surface area contributed by atoms with Gasteiger partial charge in [-0.25, -0.2) is 9.37 Å². The van der Waals surface area contributed by atoms with Crippen LogP contribution in [0.1, 0.15) is 24.6 Å². The minimum atomic E-state index is -0.603. The largest absolute Gasteiger partial charge is 0.365 e. The van der Waals surface area contributed by atoms with Crippen molar-refractivity contribution in [2.24, 2.45) is 0 Å². The van der Waals surface area contributed by atoms with Crippen LogP contribution in [0.3, 0.4) is 0 Å². The third-order valence-electron chi connectivity index (χ3n) is 3.72. The molecule has 8 heteroatoms. The summed E-state index contributed by atoms with van der Waals surface area (Å²) in [6.07, 6.45) is 3.29. The summed E-state index contributed by atoms with van der Waals surface area (Å²) in [6, 6.07) is 3.68. The van der Waals surface area contributed by atoms with Crippen molar-refractivity contribution < 1.29 is 9.31 Å². The number of piperidine rings is 1. The number of H-pyrrole nitrogens is 1. The molecule has 1 aliphatic rings. The van der Waals surface area contributed by atoms with Gasteiger partial charge in [0.2, 0.25) is 0 Å². The zero-order chi connectivity index (χ0) is 14.8. The number of aromatic amines is 1. The van der Waals surface area contributed by atoms with Gasteiger partial charge in [-0.05, 0) is 25.0 Å². The van der Waals surface area contributed by atoms with Gasteiger partial charge < -0.3 is 4.90 Å². The quantitative estimate of drug-likeness (QED) is 0.692. The van der Waals surface area contributed by atoms with Gasteiger partial charge in [0.15, 0.2) is 0 Å². The molecule has 1 N–H and O–H groups in total. The minimum absolute atomic E-state index is 0.144. The van der Waals surface area contributed by atoms with E-state index in [1.807, 2.05) is 4.90 Å². The third kappa shape index (κ3) is 2.69. The van der Waals surface area contributed by atoms with Gasteiger partial charge in [0.1, 0.15) is 23.7 Å². The lowest BCUT2D eigenvalue weighted by Crippen LogP contribution is -2.35. The molecule has 1 aromatic heterocycles. The van der Waals surface area contributed by atoms with Crippen molar-refractivity contribution in [1.29, 1.82) is 0 Å². The maximum atomic E-state index is 13.2. The Morgan fingerprint density at radius 1 is 1.48 bits per heavy atom. The lowest BCUT2D eigenvalue weighted by molar-refractivity contribution is -0.384. The highest BCUT2D eigenvalue weighted by Gasteiger charge is 2.27. The zero-order valence-electron chi connectivity index (χ0n) is 11.2. The fourth-order valence-electron chi connectivity index (χ4n) is 2.74. The number of nitrogens with zero attached hydrogens (tertiary/aromatic N) is 4. The number of halogens is 1. The molecule has 21 heavy (non-hydrogen) atoms. The van der Waals surface area contributed by atoms with Gasteiger partial charge in [0.25, 0.3) is 5.69 Å². The van der Waals surface area contributed by atoms with E-state index >= 15 is 0 Å². The predicted octanol–water partition coefficient (Wildman–Crippen LogP) is 2.24. The van der Waals surface area contributed by atoms with Crippen molar-refractivity contribution in [2.45, 2.75) is 18.8 Å². The van der Waals surface area contributed by atoms with E-state index < -0.39 is 10.7 Å². The van der Waals surface area contributed by atoms with Crippen molar-refractivity contribution in [3.63, 3.8) is 0 Å². The van der Waals surface area contributed by atoms with Crippen LogP contribution in [0.15, 0.2) is 24.5 Å². The Hall–Kier alpha value is -2.51. The van der Waals surface area contributed by atoms with Crippen LogP contribution in [0.25, 0.3) is 0 Å². The molecule has 110 valence electrons. The number of nitro benzene ring substituents is 1. The number of aromatic nitrogens is 3. The normalized spacial score (nSPS) is 18.7. The van der Waals surface area contributed by atoms with E-state index in [9.17, 15) is 14.5 Å². The summed E-state index contributed by atoms with van der Waals surface area (Å²) < 4.78 is 13.2. The van der Waals surface area contributed by atoms with Crippen LogP contribution in [0.2, 0.25) is 0 Å². The molecule has 1 aromatic carbocycles. The van der Waals surface area contributed by atoms with E-state index in [4.69, 9.17) is 0 Å². The van der Waals surface area contributed by atoms with Gasteiger partial charge in [-0.15, -0.1) is 0 Å². The number of nitrogens with one attached hydrogen (secondary N) is 1. The van der Waals surface area contributed by atoms with Crippen LogP contribution in [-0.4, -0.2) is 33.2 Å². The molecule has 1 fully saturated rings. The van der Waals surface area contributed by atoms with E-state index in [0.717, 1.165) is 24.7 Å². The molecule has 0 spiro atoms. The Bertz CT molecular complexity index is 646. The van der Waals surface area contributed by atoms with Gasteiger partial charge in [0, 0.05) is 19.0 Å². The molecular formula is C13H14FN5O2. The molecule has 1 aliphatic heterocycles. The van der Waals surface area contributed by atoms with Crippen molar-refractivity contribution >= 4 is 11.4 Å². The Balaban J connectivity index is 1.88. The first-order valence-corrected chi connectivity index (χ1v) is 6.69. The first-order chi connectivity index (χ1) is 10.1. The first kappa shape index (κ1) is 13.5. The second-order valence-electron chi connectivity index (χ2n) is 5.05. The molecule has 0 amide bonds. The van der Waals surface area contributed by atoms with Crippen LogP contribution in [0.5, 0.6) is 0 Å². The highest BCUT2D eigenvalue weighted by Crippen LogP contribution is 2.34. The SMILES string of the molecule is O=[N+]([O-])c1cc(F)ccc1N1CCC[C@@H](c2ncn[nH]2)C1. The predicted molar refractivity (Wildman–Crippen MR) is 73.6 cm³/mol. The lowest BCUT2D eigenvalue weighted by atomic mass is 9.96. The van der Waals surface area contributed by atoms with E-state index in [2.05, 4.69) is 15.2 Å². The molecule has 0 saturated carbocycles. The van der Waals surface area contributed by atoms with E-state index in [1.165, 1.54) is 18.5 Å². The highest BCUT2D eigenvalue weighted by molar-refractivity contribution is 5.63. The van der Waals surface area contributed by atoms with E-state index in [-0.39, 0.29) is 11.6 Å². The van der Waals surface area contributed by atoms with Gasteiger partial charge in [-0.1, -0.05) is 0 Å². The Kier molecular flexibility index (Phi) is 3.51. The summed E-state index contributed by atoms with van der Waals surface area (Å²) in [5.74, 6) is 0.324. The highest BCUT2D eigenvalue weighted by atomic mass is 19.1. The lowest BCUT2D eigenvalue weighted by Gasteiger charge is -2.33. The van der Waals surface area contributed by atoms with Crippen LogP contribution < -0.4 is 4.90 Å². The molecule has 1 saturated heterocycles. The zero-order valence-corrected chi connectivity index (χ0v) is 11.2. The van der Waals surface area contributed by atoms with Crippen LogP contribution in [0.4, 0.5) is 15.8 Å². The number of hydrogen-bond acceptors (Lipinski definition) is 5. The standard InChI is InChI=1S/C13H14FN5O2/c14-10-3-4-11(12(6-10)19(20)21)18-5-1-2-9(7-18)13-15-8-16-17-13/h3-4,6,8-9H,1-2,5,7H2,(H,15,16,17)/t9-/m1/s1. The summed E-state index contributed by atoms with van der Waals surface area (Å²) >= 11 is 0. The van der Waals surface area contributed by atoms with Crippen LogP contribution >= 0.6 is 0 Å². The Labute approximate surface area is 120 Å². The number of nitro groups is 1. The minimum Gasteiger partial charge on any atom is -0.365 e. The molecule has 0 unspecified atom stereocenters. The van der Waals surface area contributed by atoms with Gasteiger partial charge in [-0.3, -0.25) is 15.2 Å². The molecular weight excluding hydrogens is 277 g/mol. The van der Waals surface area contributed by atoms with Gasteiger partial charge >= 0.3 is 0 Å². The molecule has 2 aromatic rings. The summed E-state index contributed by atoms with van der Waals surface area (Å²) in [6.45, 7) is 1.30. The van der Waals surface area contributed by atoms with E-state index in [0.29, 0.717) is 18.8 Å². The molecule has 3 rings (SSSR count). The van der Waals surface area contributed by atoms with Crippen molar-refractivity contribution in [1.82, 2.24) is 15.2 Å². The van der Waals surface area contributed by atoms with Crippen LogP contribution in [0, 0.1) is 15.9 Å². The maximum Gasteiger partial charge on any atom is 0.295 e. The van der Waals surface area contributed by atoms with Crippen molar-refractivity contribution in [3.05, 3.63) is 46.3 Å². The third-order valence-corrected chi connectivity index (χ3v) is 3.72. The Morgan fingerprint density at radius 3 is 3.05 bits per heavy atom. The average Bonchev–Trinajstić information content (AvgIpc) is 3.01. The van der Waals surface area contributed by atoms with Crippen LogP contribution in [-0.2, 0) is 0 Å². The summed E-state index contributed by atoms with van der Waals surface area (Å²) in [5, 5.41) is 17.8. The number of benzene rings is 1. The second-order valence-corrected chi connectivity index (χ2v) is 5.05. The molecule has 2 heterocycles. The molecule has 0 radical (unpaired) electrons. The van der Waals surface area contributed by atoms with E-state index in [1.54, 1.807) is 0 Å². The molecule has 1 atom stereocenters. The van der Waals surface area contributed by atoms with Gasteiger partial charge in [0.05, 0.1) is 11.0 Å². The fraction of sp³-hybridized carbons (Fsp3) is 0.385.